The Bertz CT molecular complexity index is 541. The minimum atomic E-state index is -0.0843. The lowest BCUT2D eigenvalue weighted by molar-refractivity contribution is 0.353. The average molecular weight is 252 g/mol. The van der Waals surface area contributed by atoms with E-state index in [4.69, 9.17) is 4.74 Å². The van der Waals surface area contributed by atoms with Gasteiger partial charge in [-0.2, -0.15) is 0 Å². The molecule has 0 aliphatic rings. The van der Waals surface area contributed by atoms with Crippen LogP contribution in [0.15, 0.2) is 67.3 Å². The average Bonchev–Trinajstić information content (AvgIpc) is 2.46. The van der Waals surface area contributed by atoms with Gasteiger partial charge in [0.2, 0.25) is 0 Å². The molecule has 0 bridgehead atoms. The highest BCUT2D eigenvalue weighted by atomic mass is 16.5. The number of ether oxygens (including phenoxy) is 1. The predicted molar refractivity (Wildman–Crippen MR) is 80.7 cm³/mol. The molecule has 2 aromatic rings. The molecular formula is C18H20O. The smallest absolute Gasteiger partial charge is 0.123 e. The minimum Gasteiger partial charge on any atom is -0.489 e. The number of benzene rings is 2. The van der Waals surface area contributed by atoms with Gasteiger partial charge in [0, 0.05) is 11.0 Å². The Morgan fingerprint density at radius 3 is 2.32 bits per heavy atom. The normalized spacial score (nSPS) is 11.1. The molecule has 0 amide bonds. The van der Waals surface area contributed by atoms with E-state index in [1.807, 2.05) is 18.2 Å². The fourth-order valence-electron chi connectivity index (χ4n) is 2.27. The van der Waals surface area contributed by atoms with Crippen LogP contribution in [0.1, 0.15) is 25.0 Å². The highest BCUT2D eigenvalue weighted by Gasteiger charge is 2.26. The number of rotatable bonds is 5. The van der Waals surface area contributed by atoms with Crippen LogP contribution in [0.2, 0.25) is 0 Å². The lowest BCUT2D eigenvalue weighted by Crippen LogP contribution is -2.20. The molecule has 2 aromatic carbocycles. The van der Waals surface area contributed by atoms with Crippen molar-refractivity contribution in [2.24, 2.45) is 0 Å². The first kappa shape index (κ1) is 13.4. The molecule has 0 fully saturated rings. The van der Waals surface area contributed by atoms with Crippen LogP contribution in [0.3, 0.4) is 0 Å². The first-order valence-electron chi connectivity index (χ1n) is 6.55. The minimum absolute atomic E-state index is 0.0843. The molecule has 2 rings (SSSR count). The van der Waals surface area contributed by atoms with Crippen LogP contribution < -0.4 is 4.74 Å². The van der Waals surface area contributed by atoms with Crippen LogP contribution in [0.4, 0.5) is 0 Å². The van der Waals surface area contributed by atoms with Gasteiger partial charge < -0.3 is 4.74 Å². The Labute approximate surface area is 115 Å². The van der Waals surface area contributed by atoms with Crippen molar-refractivity contribution < 1.29 is 4.74 Å². The first-order valence-corrected chi connectivity index (χ1v) is 6.55. The monoisotopic (exact) mass is 252 g/mol. The molecule has 0 aliphatic heterocycles. The van der Waals surface area contributed by atoms with Crippen LogP contribution >= 0.6 is 0 Å². The molecule has 0 N–H and O–H groups in total. The van der Waals surface area contributed by atoms with Crippen LogP contribution in [-0.2, 0) is 5.41 Å². The molecular weight excluding hydrogens is 232 g/mol. The van der Waals surface area contributed by atoms with Crippen molar-refractivity contribution in [3.8, 4) is 5.75 Å². The van der Waals surface area contributed by atoms with Crippen LogP contribution in [0, 0.1) is 0 Å². The topological polar surface area (TPSA) is 9.23 Å². The summed E-state index contributed by atoms with van der Waals surface area (Å²) in [6, 6.07) is 18.7. The molecule has 0 radical (unpaired) electrons. The van der Waals surface area contributed by atoms with Crippen molar-refractivity contribution in [3.05, 3.63) is 78.4 Å². The molecule has 0 saturated heterocycles. The molecule has 0 spiro atoms. The second-order valence-corrected chi connectivity index (χ2v) is 5.09. The van der Waals surface area contributed by atoms with Gasteiger partial charge in [0.1, 0.15) is 12.4 Å². The summed E-state index contributed by atoms with van der Waals surface area (Å²) in [6.45, 7) is 8.67. The SMILES string of the molecule is C=CCOc1ccccc1C(C)(C)c1ccccc1. The van der Waals surface area contributed by atoms with Crippen molar-refractivity contribution in [1.29, 1.82) is 0 Å². The number of hydrogen-bond acceptors (Lipinski definition) is 1. The highest BCUT2D eigenvalue weighted by Crippen LogP contribution is 2.36. The van der Waals surface area contributed by atoms with Gasteiger partial charge in [-0.25, -0.2) is 0 Å². The summed E-state index contributed by atoms with van der Waals surface area (Å²) in [5.74, 6) is 0.927. The second kappa shape index (κ2) is 5.75. The Kier molecular flexibility index (Phi) is 4.06. The van der Waals surface area contributed by atoms with Crippen LogP contribution in [0.5, 0.6) is 5.75 Å². The zero-order chi connectivity index (χ0) is 13.7. The standard InChI is InChI=1S/C18H20O/c1-4-14-19-17-13-9-8-12-16(17)18(2,3)15-10-6-5-7-11-15/h4-13H,1,14H2,2-3H3. The predicted octanol–water partition coefficient (Wildman–Crippen LogP) is 4.58. The van der Waals surface area contributed by atoms with Crippen molar-refractivity contribution >= 4 is 0 Å². The molecule has 0 aromatic heterocycles. The van der Waals surface area contributed by atoms with Crippen LogP contribution in [-0.4, -0.2) is 6.61 Å². The van der Waals surface area contributed by atoms with E-state index in [-0.39, 0.29) is 5.41 Å². The molecule has 98 valence electrons. The quantitative estimate of drug-likeness (QED) is 0.708. The molecule has 19 heavy (non-hydrogen) atoms. The van der Waals surface area contributed by atoms with E-state index in [1.165, 1.54) is 11.1 Å². The summed E-state index contributed by atoms with van der Waals surface area (Å²) < 4.78 is 5.78. The number of para-hydroxylation sites is 1. The van der Waals surface area contributed by atoms with Gasteiger partial charge in [-0.05, 0) is 11.6 Å². The van der Waals surface area contributed by atoms with E-state index < -0.39 is 0 Å². The summed E-state index contributed by atoms with van der Waals surface area (Å²) in [5, 5.41) is 0. The van der Waals surface area contributed by atoms with E-state index in [2.05, 4.69) is 56.8 Å². The molecule has 0 atom stereocenters. The zero-order valence-electron chi connectivity index (χ0n) is 11.6. The second-order valence-electron chi connectivity index (χ2n) is 5.09. The lowest BCUT2D eigenvalue weighted by atomic mass is 9.78. The highest BCUT2D eigenvalue weighted by molar-refractivity contribution is 5.45. The molecule has 0 aliphatic carbocycles. The molecule has 0 unspecified atom stereocenters. The Morgan fingerprint density at radius 1 is 1.00 bits per heavy atom. The largest absolute Gasteiger partial charge is 0.489 e. The zero-order valence-corrected chi connectivity index (χ0v) is 11.6. The summed E-state index contributed by atoms with van der Waals surface area (Å²) in [5.41, 5.74) is 2.40. The van der Waals surface area contributed by atoms with Crippen molar-refractivity contribution in [2.45, 2.75) is 19.3 Å². The molecule has 0 saturated carbocycles. The Morgan fingerprint density at radius 2 is 1.63 bits per heavy atom. The summed E-state index contributed by atoms with van der Waals surface area (Å²) in [7, 11) is 0. The fraction of sp³-hybridized carbons (Fsp3) is 0.222. The lowest BCUT2D eigenvalue weighted by Gasteiger charge is -2.28. The van der Waals surface area contributed by atoms with Gasteiger partial charge in [-0.3, -0.25) is 0 Å². The van der Waals surface area contributed by atoms with E-state index in [1.54, 1.807) is 6.08 Å². The fourth-order valence-corrected chi connectivity index (χ4v) is 2.27. The maximum Gasteiger partial charge on any atom is 0.123 e. The third-order valence-corrected chi connectivity index (χ3v) is 3.41. The maximum atomic E-state index is 5.78. The van der Waals surface area contributed by atoms with Crippen molar-refractivity contribution in [3.63, 3.8) is 0 Å². The van der Waals surface area contributed by atoms with E-state index >= 15 is 0 Å². The van der Waals surface area contributed by atoms with Crippen LogP contribution in [0.25, 0.3) is 0 Å². The Hall–Kier alpha value is -2.02. The van der Waals surface area contributed by atoms with Gasteiger partial charge in [-0.15, -0.1) is 0 Å². The van der Waals surface area contributed by atoms with Crippen molar-refractivity contribution in [2.75, 3.05) is 6.61 Å². The van der Waals surface area contributed by atoms with Gasteiger partial charge in [0.05, 0.1) is 0 Å². The third kappa shape index (κ3) is 2.87. The summed E-state index contributed by atoms with van der Waals surface area (Å²) >= 11 is 0. The van der Waals surface area contributed by atoms with E-state index in [0.717, 1.165) is 5.75 Å². The molecule has 1 heteroatoms. The van der Waals surface area contributed by atoms with E-state index in [9.17, 15) is 0 Å². The van der Waals surface area contributed by atoms with Gasteiger partial charge in [0.15, 0.2) is 0 Å². The summed E-state index contributed by atoms with van der Waals surface area (Å²) in [4.78, 5) is 0. The molecule has 0 heterocycles. The third-order valence-electron chi connectivity index (χ3n) is 3.41. The maximum absolute atomic E-state index is 5.78. The molecule has 1 nitrogen and oxygen atoms in total. The van der Waals surface area contributed by atoms with E-state index in [0.29, 0.717) is 6.61 Å². The van der Waals surface area contributed by atoms with Gasteiger partial charge in [-0.1, -0.05) is 75.0 Å². The first-order chi connectivity index (χ1) is 9.16. The van der Waals surface area contributed by atoms with Gasteiger partial charge >= 0.3 is 0 Å². The Balaban J connectivity index is 2.42. The van der Waals surface area contributed by atoms with Crippen molar-refractivity contribution in [1.82, 2.24) is 0 Å². The number of hydrogen-bond donors (Lipinski definition) is 0. The van der Waals surface area contributed by atoms with Gasteiger partial charge in [0.25, 0.3) is 0 Å². The summed E-state index contributed by atoms with van der Waals surface area (Å²) in [6.07, 6.45) is 1.77.